The Balaban J connectivity index is 2.71. The van der Waals surface area contributed by atoms with E-state index in [4.69, 9.17) is 14.7 Å². The lowest BCUT2D eigenvalue weighted by atomic mass is 10.2. The van der Waals surface area contributed by atoms with Crippen LogP contribution in [0.15, 0.2) is 29.2 Å². The number of benzene rings is 1. The zero-order chi connectivity index (χ0) is 15.0. The summed E-state index contributed by atoms with van der Waals surface area (Å²) >= 11 is 0. The molecule has 1 aromatic rings. The summed E-state index contributed by atoms with van der Waals surface area (Å²) in [6.07, 6.45) is -0.0829. The van der Waals surface area contributed by atoms with Gasteiger partial charge in [0.15, 0.2) is 0 Å². The van der Waals surface area contributed by atoms with Crippen molar-refractivity contribution in [3.05, 3.63) is 29.8 Å². The molecule has 6 nitrogen and oxygen atoms in total. The first-order chi connectivity index (χ1) is 9.53. The number of nitrogens with one attached hydrogen (secondary N) is 1. The first kappa shape index (κ1) is 16.6. The molecule has 0 bridgehead atoms. The molecule has 0 aliphatic rings. The van der Waals surface area contributed by atoms with Gasteiger partial charge in [0.2, 0.25) is 10.0 Å². The van der Waals surface area contributed by atoms with Gasteiger partial charge >= 0.3 is 0 Å². The van der Waals surface area contributed by atoms with Crippen molar-refractivity contribution in [3.63, 3.8) is 0 Å². The standard InChI is InChI=1S/C13H18N2O4S/c1-18-10-12(19-2)9-15-20(16,17)13-5-3-11(4-6-13)7-8-14/h3-6,12,15H,7,9-10H2,1-2H3. The monoisotopic (exact) mass is 298 g/mol. The van der Waals surface area contributed by atoms with E-state index >= 15 is 0 Å². The van der Waals surface area contributed by atoms with Crippen molar-refractivity contribution in [1.82, 2.24) is 4.72 Å². The number of sulfonamides is 1. The van der Waals surface area contributed by atoms with Crippen LogP contribution in [0.1, 0.15) is 5.56 Å². The van der Waals surface area contributed by atoms with Crippen LogP contribution >= 0.6 is 0 Å². The first-order valence-electron chi connectivity index (χ1n) is 6.00. The minimum atomic E-state index is -3.58. The van der Waals surface area contributed by atoms with Crippen LogP contribution in [-0.2, 0) is 25.9 Å². The van der Waals surface area contributed by atoms with E-state index in [1.54, 1.807) is 12.1 Å². The van der Waals surface area contributed by atoms with Crippen molar-refractivity contribution >= 4 is 10.0 Å². The van der Waals surface area contributed by atoms with E-state index < -0.39 is 10.0 Å². The molecule has 1 atom stereocenters. The van der Waals surface area contributed by atoms with Crippen LogP contribution in [0.4, 0.5) is 0 Å². The van der Waals surface area contributed by atoms with Gasteiger partial charge in [-0.2, -0.15) is 5.26 Å². The van der Waals surface area contributed by atoms with Gasteiger partial charge in [-0.3, -0.25) is 0 Å². The molecule has 0 saturated heterocycles. The second-order valence-electron chi connectivity index (χ2n) is 4.14. The SMILES string of the molecule is COCC(CNS(=O)(=O)c1ccc(CC#N)cc1)OC. The molecule has 7 heteroatoms. The van der Waals surface area contributed by atoms with Gasteiger partial charge in [-0.15, -0.1) is 0 Å². The largest absolute Gasteiger partial charge is 0.382 e. The summed E-state index contributed by atoms with van der Waals surface area (Å²) in [5.41, 5.74) is 0.778. The Morgan fingerprint density at radius 1 is 1.30 bits per heavy atom. The second kappa shape index (κ2) is 7.97. The Morgan fingerprint density at radius 2 is 1.95 bits per heavy atom. The van der Waals surface area contributed by atoms with Gasteiger partial charge in [-0.05, 0) is 17.7 Å². The third kappa shape index (κ3) is 4.90. The lowest BCUT2D eigenvalue weighted by molar-refractivity contribution is 0.0320. The smallest absolute Gasteiger partial charge is 0.240 e. The van der Waals surface area contributed by atoms with Gasteiger partial charge in [0, 0.05) is 20.8 Å². The zero-order valence-electron chi connectivity index (χ0n) is 11.5. The second-order valence-corrected chi connectivity index (χ2v) is 5.91. The lowest BCUT2D eigenvalue weighted by Gasteiger charge is -2.15. The maximum Gasteiger partial charge on any atom is 0.240 e. The molecule has 0 radical (unpaired) electrons. The molecule has 20 heavy (non-hydrogen) atoms. The van der Waals surface area contributed by atoms with Crippen LogP contribution in [0.3, 0.4) is 0 Å². The van der Waals surface area contributed by atoms with Gasteiger partial charge in [-0.1, -0.05) is 12.1 Å². The molecule has 0 amide bonds. The summed E-state index contributed by atoms with van der Waals surface area (Å²) in [5, 5.41) is 8.57. The number of rotatable bonds is 8. The Hall–Kier alpha value is -1.46. The van der Waals surface area contributed by atoms with E-state index in [2.05, 4.69) is 4.72 Å². The van der Waals surface area contributed by atoms with Gasteiger partial charge in [0.05, 0.1) is 30.1 Å². The third-order valence-corrected chi connectivity index (χ3v) is 4.14. The van der Waals surface area contributed by atoms with Crippen LogP contribution in [0.2, 0.25) is 0 Å². The van der Waals surface area contributed by atoms with Crippen LogP contribution in [0.5, 0.6) is 0 Å². The highest BCUT2D eigenvalue weighted by molar-refractivity contribution is 7.89. The lowest BCUT2D eigenvalue weighted by Crippen LogP contribution is -2.35. The topological polar surface area (TPSA) is 88.4 Å². The highest BCUT2D eigenvalue weighted by Crippen LogP contribution is 2.11. The number of ether oxygens (including phenoxy) is 2. The van der Waals surface area contributed by atoms with Gasteiger partial charge in [0.1, 0.15) is 0 Å². The quantitative estimate of drug-likeness (QED) is 0.763. The summed E-state index contributed by atoms with van der Waals surface area (Å²) in [6, 6.07) is 8.22. The van der Waals surface area contributed by atoms with Gasteiger partial charge in [-0.25, -0.2) is 13.1 Å². The maximum absolute atomic E-state index is 12.1. The van der Waals surface area contributed by atoms with Crippen molar-refractivity contribution in [3.8, 4) is 6.07 Å². The summed E-state index contributed by atoms with van der Waals surface area (Å²) in [6.45, 7) is 0.437. The van der Waals surface area contributed by atoms with Gasteiger partial charge in [0.25, 0.3) is 0 Å². The minimum absolute atomic E-state index is 0.132. The predicted molar refractivity (Wildman–Crippen MR) is 73.6 cm³/mol. The fourth-order valence-corrected chi connectivity index (χ4v) is 2.63. The molecule has 1 aromatic carbocycles. The van der Waals surface area contributed by atoms with E-state index in [1.807, 2.05) is 6.07 Å². The normalized spacial score (nSPS) is 12.8. The van der Waals surface area contributed by atoms with Crippen molar-refractivity contribution in [2.75, 3.05) is 27.4 Å². The molecular formula is C13H18N2O4S. The molecule has 1 unspecified atom stereocenters. The van der Waals surface area contributed by atoms with E-state index in [-0.39, 0.29) is 24.0 Å². The molecule has 110 valence electrons. The molecule has 0 aromatic heterocycles. The summed E-state index contributed by atoms with van der Waals surface area (Å²) in [4.78, 5) is 0.159. The predicted octanol–water partition coefficient (Wildman–Crippen LogP) is 0.692. The molecule has 1 N–H and O–H groups in total. The molecule has 0 heterocycles. The average Bonchev–Trinajstić information content (AvgIpc) is 2.44. The van der Waals surface area contributed by atoms with E-state index in [1.165, 1.54) is 26.4 Å². The molecule has 0 aliphatic carbocycles. The zero-order valence-corrected chi connectivity index (χ0v) is 12.3. The highest BCUT2D eigenvalue weighted by Gasteiger charge is 2.16. The van der Waals surface area contributed by atoms with Crippen molar-refractivity contribution < 1.29 is 17.9 Å². The Kier molecular flexibility index (Phi) is 6.61. The number of methoxy groups -OCH3 is 2. The van der Waals surface area contributed by atoms with E-state index in [0.29, 0.717) is 6.61 Å². The van der Waals surface area contributed by atoms with Crippen molar-refractivity contribution in [2.24, 2.45) is 0 Å². The average molecular weight is 298 g/mol. The number of hydrogen-bond acceptors (Lipinski definition) is 5. The summed E-state index contributed by atoms with van der Waals surface area (Å²) < 4.78 is 36.6. The fraction of sp³-hybridized carbons (Fsp3) is 0.462. The van der Waals surface area contributed by atoms with Crippen LogP contribution in [0, 0.1) is 11.3 Å². The molecule has 0 saturated carbocycles. The molecule has 1 rings (SSSR count). The van der Waals surface area contributed by atoms with Crippen LogP contribution in [0.25, 0.3) is 0 Å². The van der Waals surface area contributed by atoms with Crippen LogP contribution in [-0.4, -0.2) is 41.9 Å². The summed E-state index contributed by atoms with van der Waals surface area (Å²) in [7, 11) is -0.567. The van der Waals surface area contributed by atoms with E-state index in [0.717, 1.165) is 5.56 Å². The highest BCUT2D eigenvalue weighted by atomic mass is 32.2. The molecule has 0 spiro atoms. The Morgan fingerprint density at radius 3 is 2.45 bits per heavy atom. The number of nitriles is 1. The third-order valence-electron chi connectivity index (χ3n) is 2.70. The Bertz CT molecular complexity index is 549. The van der Waals surface area contributed by atoms with E-state index in [9.17, 15) is 8.42 Å². The molecule has 0 aliphatic heterocycles. The minimum Gasteiger partial charge on any atom is -0.382 e. The number of hydrogen-bond donors (Lipinski definition) is 1. The Labute approximate surface area is 119 Å². The summed E-state index contributed by atoms with van der Waals surface area (Å²) in [5.74, 6) is 0. The maximum atomic E-state index is 12.1. The first-order valence-corrected chi connectivity index (χ1v) is 7.49. The van der Waals surface area contributed by atoms with Crippen molar-refractivity contribution in [2.45, 2.75) is 17.4 Å². The van der Waals surface area contributed by atoms with Crippen LogP contribution < -0.4 is 4.72 Å². The molecule has 0 fully saturated rings. The fourth-order valence-electron chi connectivity index (χ4n) is 1.56. The van der Waals surface area contributed by atoms with Crippen molar-refractivity contribution in [1.29, 1.82) is 5.26 Å². The number of nitrogens with zero attached hydrogens (tertiary/aromatic N) is 1. The molecular weight excluding hydrogens is 280 g/mol. The van der Waals surface area contributed by atoms with Gasteiger partial charge < -0.3 is 9.47 Å².